The lowest BCUT2D eigenvalue weighted by molar-refractivity contribution is 0.405. The third kappa shape index (κ3) is 2.90. The van der Waals surface area contributed by atoms with Gasteiger partial charge < -0.3 is 4.74 Å². The standard InChI is InChI=1S/C16H16ClFO/c1-3-11-7-9-12(10-8-11)16(17)15-13(18)5-4-6-14(15)19-2/h4-10,16H,3H2,1-2H3. The molecule has 0 fully saturated rings. The van der Waals surface area contributed by atoms with Crippen LogP contribution in [-0.4, -0.2) is 7.11 Å². The smallest absolute Gasteiger partial charge is 0.131 e. The summed E-state index contributed by atoms with van der Waals surface area (Å²) in [6.07, 6.45) is 0.969. The second-order valence-corrected chi connectivity index (χ2v) is 4.75. The van der Waals surface area contributed by atoms with Crippen LogP contribution in [-0.2, 0) is 6.42 Å². The third-order valence-electron chi connectivity index (χ3n) is 3.17. The summed E-state index contributed by atoms with van der Waals surface area (Å²) in [5, 5.41) is -0.554. The molecule has 19 heavy (non-hydrogen) atoms. The monoisotopic (exact) mass is 278 g/mol. The minimum Gasteiger partial charge on any atom is -0.496 e. The van der Waals surface area contributed by atoms with E-state index in [0.29, 0.717) is 11.3 Å². The van der Waals surface area contributed by atoms with Crippen LogP contribution in [0, 0.1) is 5.82 Å². The van der Waals surface area contributed by atoms with Gasteiger partial charge in [0.1, 0.15) is 11.6 Å². The Labute approximate surface area is 118 Å². The van der Waals surface area contributed by atoms with Crippen molar-refractivity contribution in [3.63, 3.8) is 0 Å². The second-order valence-electron chi connectivity index (χ2n) is 4.31. The van der Waals surface area contributed by atoms with Gasteiger partial charge in [0.2, 0.25) is 0 Å². The summed E-state index contributed by atoms with van der Waals surface area (Å²) in [5.41, 5.74) is 2.48. The highest BCUT2D eigenvalue weighted by Gasteiger charge is 2.19. The number of benzene rings is 2. The summed E-state index contributed by atoms with van der Waals surface area (Å²) in [6.45, 7) is 2.09. The van der Waals surface area contributed by atoms with Crippen LogP contribution in [0.25, 0.3) is 0 Å². The first-order chi connectivity index (χ1) is 9.17. The molecule has 0 saturated carbocycles. The van der Waals surface area contributed by atoms with Crippen molar-refractivity contribution >= 4 is 11.6 Å². The fourth-order valence-electron chi connectivity index (χ4n) is 2.03. The molecule has 2 rings (SSSR count). The third-order valence-corrected chi connectivity index (χ3v) is 3.64. The van der Waals surface area contributed by atoms with Gasteiger partial charge in [-0.05, 0) is 29.7 Å². The largest absolute Gasteiger partial charge is 0.496 e. The quantitative estimate of drug-likeness (QED) is 0.735. The highest BCUT2D eigenvalue weighted by atomic mass is 35.5. The van der Waals surface area contributed by atoms with E-state index in [1.54, 1.807) is 12.1 Å². The van der Waals surface area contributed by atoms with Crippen molar-refractivity contribution < 1.29 is 9.13 Å². The zero-order chi connectivity index (χ0) is 13.8. The topological polar surface area (TPSA) is 9.23 Å². The summed E-state index contributed by atoms with van der Waals surface area (Å²) < 4.78 is 19.1. The van der Waals surface area contributed by atoms with Gasteiger partial charge in [-0.2, -0.15) is 0 Å². The summed E-state index contributed by atoms with van der Waals surface area (Å²) in [4.78, 5) is 0. The van der Waals surface area contributed by atoms with E-state index in [1.807, 2.05) is 24.3 Å². The molecule has 1 unspecified atom stereocenters. The van der Waals surface area contributed by atoms with Crippen molar-refractivity contribution in [3.05, 3.63) is 65.0 Å². The molecular weight excluding hydrogens is 263 g/mol. The molecule has 2 aromatic rings. The van der Waals surface area contributed by atoms with Gasteiger partial charge in [-0.25, -0.2) is 4.39 Å². The average Bonchev–Trinajstić information content (AvgIpc) is 2.46. The molecule has 0 N–H and O–H groups in total. The van der Waals surface area contributed by atoms with Crippen molar-refractivity contribution in [2.75, 3.05) is 7.11 Å². The molecule has 1 atom stereocenters. The Morgan fingerprint density at radius 3 is 2.42 bits per heavy atom. The van der Waals surface area contributed by atoms with Crippen molar-refractivity contribution in [1.82, 2.24) is 0 Å². The normalized spacial score (nSPS) is 12.2. The van der Waals surface area contributed by atoms with E-state index in [1.165, 1.54) is 18.7 Å². The van der Waals surface area contributed by atoms with E-state index in [-0.39, 0.29) is 5.82 Å². The maximum absolute atomic E-state index is 14.0. The molecule has 2 aromatic carbocycles. The van der Waals surface area contributed by atoms with Crippen molar-refractivity contribution in [2.24, 2.45) is 0 Å². The van der Waals surface area contributed by atoms with Crippen LogP contribution >= 0.6 is 11.6 Å². The first-order valence-corrected chi connectivity index (χ1v) is 6.66. The minimum absolute atomic E-state index is 0.348. The Kier molecular flexibility index (Phi) is 4.43. The summed E-state index contributed by atoms with van der Waals surface area (Å²) in [7, 11) is 1.52. The van der Waals surface area contributed by atoms with Crippen LogP contribution in [0.15, 0.2) is 42.5 Å². The molecule has 3 heteroatoms. The van der Waals surface area contributed by atoms with E-state index in [9.17, 15) is 4.39 Å². The van der Waals surface area contributed by atoms with Gasteiger partial charge >= 0.3 is 0 Å². The Balaban J connectivity index is 2.40. The zero-order valence-corrected chi connectivity index (χ0v) is 11.7. The van der Waals surface area contributed by atoms with Crippen LogP contribution in [0.1, 0.15) is 29.0 Å². The number of aryl methyl sites for hydroxylation is 1. The molecule has 0 saturated heterocycles. The molecule has 0 aromatic heterocycles. The van der Waals surface area contributed by atoms with E-state index in [4.69, 9.17) is 16.3 Å². The number of methoxy groups -OCH3 is 1. The van der Waals surface area contributed by atoms with Gasteiger partial charge in [-0.3, -0.25) is 0 Å². The Morgan fingerprint density at radius 2 is 1.84 bits per heavy atom. The molecular formula is C16H16ClFO. The summed E-state index contributed by atoms with van der Waals surface area (Å²) in [6, 6.07) is 12.6. The lowest BCUT2D eigenvalue weighted by Gasteiger charge is -2.15. The number of ether oxygens (including phenoxy) is 1. The summed E-state index contributed by atoms with van der Waals surface area (Å²) >= 11 is 6.40. The Morgan fingerprint density at radius 1 is 1.16 bits per heavy atom. The first-order valence-electron chi connectivity index (χ1n) is 6.22. The number of hydrogen-bond donors (Lipinski definition) is 0. The van der Waals surface area contributed by atoms with Gasteiger partial charge in [-0.1, -0.05) is 37.3 Å². The van der Waals surface area contributed by atoms with Crippen LogP contribution in [0.2, 0.25) is 0 Å². The molecule has 0 radical (unpaired) electrons. The van der Waals surface area contributed by atoms with Crippen LogP contribution in [0.5, 0.6) is 5.75 Å². The van der Waals surface area contributed by atoms with Gasteiger partial charge in [0.15, 0.2) is 0 Å². The Hall–Kier alpha value is -1.54. The highest BCUT2D eigenvalue weighted by Crippen LogP contribution is 2.36. The maximum atomic E-state index is 14.0. The van der Waals surface area contributed by atoms with Crippen LogP contribution in [0.3, 0.4) is 0 Å². The van der Waals surface area contributed by atoms with Crippen molar-refractivity contribution in [3.8, 4) is 5.75 Å². The van der Waals surface area contributed by atoms with Gasteiger partial charge in [0, 0.05) is 0 Å². The molecule has 0 aliphatic rings. The van der Waals surface area contributed by atoms with E-state index >= 15 is 0 Å². The highest BCUT2D eigenvalue weighted by molar-refractivity contribution is 6.22. The molecule has 0 aliphatic heterocycles. The van der Waals surface area contributed by atoms with Gasteiger partial charge in [0.05, 0.1) is 18.1 Å². The lowest BCUT2D eigenvalue weighted by Crippen LogP contribution is -2.01. The molecule has 100 valence electrons. The molecule has 1 nitrogen and oxygen atoms in total. The Bertz CT molecular complexity index is 551. The maximum Gasteiger partial charge on any atom is 0.131 e. The SMILES string of the molecule is CCc1ccc(C(Cl)c2c(F)cccc2OC)cc1. The molecule has 0 amide bonds. The lowest BCUT2D eigenvalue weighted by atomic mass is 10.0. The average molecular weight is 279 g/mol. The van der Waals surface area contributed by atoms with E-state index in [2.05, 4.69) is 6.92 Å². The molecule has 0 heterocycles. The predicted molar refractivity (Wildman–Crippen MR) is 76.5 cm³/mol. The fraction of sp³-hybridized carbons (Fsp3) is 0.250. The second kappa shape index (κ2) is 6.07. The first kappa shape index (κ1) is 13.9. The number of rotatable bonds is 4. The van der Waals surface area contributed by atoms with E-state index < -0.39 is 5.38 Å². The molecule has 0 spiro atoms. The van der Waals surface area contributed by atoms with E-state index in [0.717, 1.165) is 12.0 Å². The summed E-state index contributed by atoms with van der Waals surface area (Å²) in [5.74, 6) is 0.124. The van der Waals surface area contributed by atoms with Crippen molar-refractivity contribution in [1.29, 1.82) is 0 Å². The van der Waals surface area contributed by atoms with Crippen molar-refractivity contribution in [2.45, 2.75) is 18.7 Å². The predicted octanol–water partition coefficient (Wildman–Crippen LogP) is 4.72. The molecule has 0 bridgehead atoms. The zero-order valence-electron chi connectivity index (χ0n) is 11.0. The number of hydrogen-bond acceptors (Lipinski definition) is 1. The van der Waals surface area contributed by atoms with Crippen LogP contribution in [0.4, 0.5) is 4.39 Å². The van der Waals surface area contributed by atoms with Crippen LogP contribution < -0.4 is 4.74 Å². The fourth-order valence-corrected chi connectivity index (χ4v) is 2.39. The van der Waals surface area contributed by atoms with Gasteiger partial charge in [-0.15, -0.1) is 11.6 Å². The number of alkyl halides is 1. The van der Waals surface area contributed by atoms with Gasteiger partial charge in [0.25, 0.3) is 0 Å². The molecule has 0 aliphatic carbocycles. The minimum atomic E-state index is -0.554. The number of halogens is 2.